The average molecular weight is 369 g/mol. The van der Waals surface area contributed by atoms with Gasteiger partial charge >= 0.3 is 0 Å². The van der Waals surface area contributed by atoms with Crippen molar-refractivity contribution in [1.29, 1.82) is 0 Å². The lowest BCUT2D eigenvalue weighted by molar-refractivity contribution is 0.0497. The molecule has 6 nitrogen and oxygen atoms in total. The number of hydrogen-bond acceptors (Lipinski definition) is 4. The molecule has 6 heteroatoms. The Morgan fingerprint density at radius 3 is 2.54 bits per heavy atom. The van der Waals surface area contributed by atoms with Crippen molar-refractivity contribution in [3.05, 3.63) is 0 Å². The minimum absolute atomic E-state index is 0.515. The molecule has 2 N–H and O–H groups in total. The molecule has 2 fully saturated rings. The van der Waals surface area contributed by atoms with Gasteiger partial charge in [-0.15, -0.1) is 0 Å². The molecule has 0 aromatic rings. The maximum Gasteiger partial charge on any atom is 0.191 e. The molecule has 1 saturated carbocycles. The third-order valence-corrected chi connectivity index (χ3v) is 5.27. The van der Waals surface area contributed by atoms with E-state index in [9.17, 15) is 0 Å². The molecule has 0 aromatic heterocycles. The molecule has 2 aliphatic rings. The molecule has 0 amide bonds. The minimum atomic E-state index is 0.515. The first kappa shape index (κ1) is 21.5. The minimum Gasteiger partial charge on any atom is -0.379 e. The standard InChI is InChI=1S/C20H40N4O2/c1-3-5-13-25-15-16-26-14-11-22-20(21-4-2)23-18-10-12-24(17-18)19-8-6-7-9-19/h18-19H,3-17H2,1-2H3,(H2,21,22,23). The molecule has 1 aliphatic heterocycles. The summed E-state index contributed by atoms with van der Waals surface area (Å²) < 4.78 is 11.1. The molecule has 1 saturated heterocycles. The van der Waals surface area contributed by atoms with Crippen molar-refractivity contribution in [3.63, 3.8) is 0 Å². The summed E-state index contributed by atoms with van der Waals surface area (Å²) in [4.78, 5) is 7.33. The normalized spacial score (nSPS) is 22.2. The topological polar surface area (TPSA) is 58.1 Å². The van der Waals surface area contributed by atoms with E-state index in [0.717, 1.165) is 38.1 Å². The maximum absolute atomic E-state index is 5.60. The number of likely N-dealkylation sites (tertiary alicyclic amines) is 1. The SMILES string of the molecule is CCCCOCCOCCN=C(NCC)NC1CCN(C2CCCC2)C1. The molecule has 1 aliphatic carbocycles. The van der Waals surface area contributed by atoms with Gasteiger partial charge in [-0.1, -0.05) is 26.2 Å². The van der Waals surface area contributed by atoms with Crippen LogP contribution in [0.15, 0.2) is 4.99 Å². The van der Waals surface area contributed by atoms with Crippen molar-refractivity contribution in [2.45, 2.75) is 70.9 Å². The first-order valence-electron chi connectivity index (χ1n) is 10.8. The van der Waals surface area contributed by atoms with Crippen molar-refractivity contribution < 1.29 is 9.47 Å². The predicted octanol–water partition coefficient (Wildman–Crippen LogP) is 2.39. The van der Waals surface area contributed by atoms with Gasteiger partial charge in [-0.3, -0.25) is 9.89 Å². The highest BCUT2D eigenvalue weighted by molar-refractivity contribution is 5.80. The van der Waals surface area contributed by atoms with Gasteiger partial charge in [-0.25, -0.2) is 0 Å². The van der Waals surface area contributed by atoms with E-state index in [0.29, 0.717) is 32.4 Å². The molecule has 0 bridgehead atoms. The average Bonchev–Trinajstić information content (AvgIpc) is 3.32. The number of nitrogens with one attached hydrogen (secondary N) is 2. The lowest BCUT2D eigenvalue weighted by Gasteiger charge is -2.24. The summed E-state index contributed by atoms with van der Waals surface area (Å²) in [6.45, 7) is 11.1. The largest absolute Gasteiger partial charge is 0.379 e. The Bertz CT molecular complexity index is 386. The van der Waals surface area contributed by atoms with Gasteiger partial charge in [0.2, 0.25) is 0 Å². The second-order valence-electron chi connectivity index (χ2n) is 7.40. The summed E-state index contributed by atoms with van der Waals surface area (Å²) in [6, 6.07) is 1.34. The van der Waals surface area contributed by atoms with Crippen LogP contribution in [0.5, 0.6) is 0 Å². The Hall–Kier alpha value is -0.850. The Morgan fingerprint density at radius 1 is 1.04 bits per heavy atom. The van der Waals surface area contributed by atoms with E-state index in [1.165, 1.54) is 45.1 Å². The number of aliphatic imine (C=N–C) groups is 1. The number of unbranched alkanes of at least 4 members (excludes halogenated alkanes) is 1. The van der Waals surface area contributed by atoms with Gasteiger partial charge in [0.1, 0.15) is 0 Å². The van der Waals surface area contributed by atoms with E-state index in [-0.39, 0.29) is 0 Å². The van der Waals surface area contributed by atoms with E-state index in [1.807, 2.05) is 0 Å². The van der Waals surface area contributed by atoms with E-state index < -0.39 is 0 Å². The molecule has 1 heterocycles. The second kappa shape index (κ2) is 13.3. The van der Waals surface area contributed by atoms with Crippen LogP contribution in [0.3, 0.4) is 0 Å². The van der Waals surface area contributed by atoms with E-state index in [2.05, 4.69) is 34.4 Å². The molecule has 2 rings (SSSR count). The molecule has 1 atom stereocenters. The summed E-state index contributed by atoms with van der Waals surface area (Å²) in [5, 5.41) is 6.97. The second-order valence-corrected chi connectivity index (χ2v) is 7.40. The van der Waals surface area contributed by atoms with Crippen molar-refractivity contribution >= 4 is 5.96 Å². The van der Waals surface area contributed by atoms with Crippen molar-refractivity contribution in [3.8, 4) is 0 Å². The number of guanidine groups is 1. The summed E-state index contributed by atoms with van der Waals surface area (Å²) in [6.07, 6.45) is 9.11. The van der Waals surface area contributed by atoms with Crippen LogP contribution < -0.4 is 10.6 Å². The third kappa shape index (κ3) is 8.23. The molecular weight excluding hydrogens is 328 g/mol. The van der Waals surface area contributed by atoms with Gasteiger partial charge in [0.15, 0.2) is 5.96 Å². The van der Waals surface area contributed by atoms with Gasteiger partial charge in [0.25, 0.3) is 0 Å². The van der Waals surface area contributed by atoms with E-state index >= 15 is 0 Å². The molecular formula is C20H40N4O2. The van der Waals surface area contributed by atoms with Crippen LogP contribution in [0.25, 0.3) is 0 Å². The zero-order chi connectivity index (χ0) is 18.5. The fraction of sp³-hybridized carbons (Fsp3) is 0.950. The fourth-order valence-electron chi connectivity index (χ4n) is 3.81. The highest BCUT2D eigenvalue weighted by atomic mass is 16.5. The van der Waals surface area contributed by atoms with E-state index in [1.54, 1.807) is 0 Å². The predicted molar refractivity (Wildman–Crippen MR) is 108 cm³/mol. The van der Waals surface area contributed by atoms with Crippen LogP contribution in [-0.2, 0) is 9.47 Å². The van der Waals surface area contributed by atoms with Crippen LogP contribution in [0.2, 0.25) is 0 Å². The van der Waals surface area contributed by atoms with Gasteiger partial charge in [-0.2, -0.15) is 0 Å². The molecule has 152 valence electrons. The Morgan fingerprint density at radius 2 is 1.81 bits per heavy atom. The number of hydrogen-bond donors (Lipinski definition) is 2. The van der Waals surface area contributed by atoms with Crippen LogP contribution in [0.1, 0.15) is 58.8 Å². The van der Waals surface area contributed by atoms with Gasteiger partial charge in [-0.05, 0) is 32.6 Å². The maximum atomic E-state index is 5.60. The number of nitrogens with zero attached hydrogens (tertiary/aromatic N) is 2. The fourth-order valence-corrected chi connectivity index (χ4v) is 3.81. The van der Waals surface area contributed by atoms with E-state index in [4.69, 9.17) is 9.47 Å². The van der Waals surface area contributed by atoms with Gasteiger partial charge in [0.05, 0.1) is 26.4 Å². The highest BCUT2D eigenvalue weighted by Gasteiger charge is 2.30. The van der Waals surface area contributed by atoms with Crippen LogP contribution >= 0.6 is 0 Å². The Labute approximate surface area is 160 Å². The zero-order valence-corrected chi connectivity index (χ0v) is 17.0. The quantitative estimate of drug-likeness (QED) is 0.315. The van der Waals surface area contributed by atoms with Gasteiger partial charge < -0.3 is 20.1 Å². The lowest BCUT2D eigenvalue weighted by Crippen LogP contribution is -2.45. The van der Waals surface area contributed by atoms with Crippen molar-refractivity contribution in [2.24, 2.45) is 4.99 Å². The Balaban J connectivity index is 1.59. The van der Waals surface area contributed by atoms with Crippen molar-refractivity contribution in [1.82, 2.24) is 15.5 Å². The lowest BCUT2D eigenvalue weighted by atomic mass is 10.2. The monoisotopic (exact) mass is 368 g/mol. The first-order chi connectivity index (χ1) is 12.8. The smallest absolute Gasteiger partial charge is 0.191 e. The molecule has 0 spiro atoms. The Kier molecular flexibility index (Phi) is 11.0. The summed E-state index contributed by atoms with van der Waals surface area (Å²) in [7, 11) is 0. The zero-order valence-electron chi connectivity index (χ0n) is 17.0. The van der Waals surface area contributed by atoms with Crippen molar-refractivity contribution in [2.75, 3.05) is 52.6 Å². The molecule has 26 heavy (non-hydrogen) atoms. The third-order valence-electron chi connectivity index (χ3n) is 5.27. The molecule has 0 aromatic carbocycles. The summed E-state index contributed by atoms with van der Waals surface area (Å²) in [5.74, 6) is 0.925. The first-order valence-corrected chi connectivity index (χ1v) is 10.8. The van der Waals surface area contributed by atoms with Crippen LogP contribution in [0, 0.1) is 0 Å². The van der Waals surface area contributed by atoms with Gasteiger partial charge in [0, 0.05) is 38.3 Å². The summed E-state index contributed by atoms with van der Waals surface area (Å²) >= 11 is 0. The highest BCUT2D eigenvalue weighted by Crippen LogP contribution is 2.26. The summed E-state index contributed by atoms with van der Waals surface area (Å²) in [5.41, 5.74) is 0. The number of rotatable bonds is 12. The van der Waals surface area contributed by atoms with Crippen LogP contribution in [-0.4, -0.2) is 75.5 Å². The van der Waals surface area contributed by atoms with Crippen LogP contribution in [0.4, 0.5) is 0 Å². The molecule has 0 radical (unpaired) electrons. The molecule has 1 unspecified atom stereocenters. The number of ether oxygens (including phenoxy) is 2.